The van der Waals surface area contributed by atoms with Crippen molar-refractivity contribution in [2.24, 2.45) is 0 Å². The van der Waals surface area contributed by atoms with E-state index in [2.05, 4.69) is 16.1 Å². The van der Waals surface area contributed by atoms with Gasteiger partial charge >= 0.3 is 6.18 Å². The fourth-order valence-electron chi connectivity index (χ4n) is 3.28. The molecule has 140 valence electrons. The number of nitrogens with one attached hydrogen (secondary N) is 3. The van der Waals surface area contributed by atoms with Crippen LogP contribution in [-0.4, -0.2) is 49.6 Å². The molecule has 2 atom stereocenters. The number of halogens is 3. The van der Waals surface area contributed by atoms with Crippen LogP contribution in [0.1, 0.15) is 5.56 Å². The predicted octanol–water partition coefficient (Wildman–Crippen LogP) is 0.575. The molecule has 0 radical (unpaired) electrons. The van der Waals surface area contributed by atoms with Crippen LogP contribution in [0, 0.1) is 0 Å². The van der Waals surface area contributed by atoms with Gasteiger partial charge in [0.05, 0.1) is 30.0 Å². The highest BCUT2D eigenvalue weighted by molar-refractivity contribution is 5.96. The van der Waals surface area contributed by atoms with Crippen molar-refractivity contribution in [3.63, 3.8) is 0 Å². The number of hydrazine groups is 1. The van der Waals surface area contributed by atoms with Gasteiger partial charge in [-0.3, -0.25) is 20.0 Å². The van der Waals surface area contributed by atoms with E-state index in [1.54, 1.807) is 0 Å². The second-order valence-corrected chi connectivity index (χ2v) is 6.22. The number of alkyl halides is 3. The van der Waals surface area contributed by atoms with Crippen LogP contribution < -0.4 is 21.1 Å². The molecule has 1 amide bonds. The summed E-state index contributed by atoms with van der Waals surface area (Å²) in [5.41, 5.74) is 2.45. The van der Waals surface area contributed by atoms with Crippen molar-refractivity contribution in [2.75, 3.05) is 31.3 Å². The summed E-state index contributed by atoms with van der Waals surface area (Å²) in [7, 11) is 0. The molecule has 3 aliphatic heterocycles. The molecule has 3 N–H and O–H groups in total. The summed E-state index contributed by atoms with van der Waals surface area (Å²) in [5, 5.41) is 7.29. The minimum absolute atomic E-state index is 0.0561. The molecule has 3 aliphatic rings. The first-order valence-electron chi connectivity index (χ1n) is 8.25. The minimum Gasteiger partial charge on any atom is -0.379 e. The number of carbonyl (C=O) groups excluding carboxylic acids is 1. The molecular formula is C16H18F3N5O2. The van der Waals surface area contributed by atoms with E-state index in [1.807, 2.05) is 4.90 Å². The molecule has 26 heavy (non-hydrogen) atoms. The molecule has 3 heterocycles. The van der Waals surface area contributed by atoms with E-state index in [4.69, 9.17) is 4.74 Å². The first-order valence-corrected chi connectivity index (χ1v) is 8.25. The Kier molecular flexibility index (Phi) is 4.35. The van der Waals surface area contributed by atoms with Gasteiger partial charge < -0.3 is 10.1 Å². The van der Waals surface area contributed by atoms with Crippen molar-refractivity contribution < 1.29 is 22.7 Å². The number of ether oxygens (including phenoxy) is 1. The number of anilines is 1. The average molecular weight is 369 g/mol. The van der Waals surface area contributed by atoms with Crippen LogP contribution in [0.4, 0.5) is 18.9 Å². The zero-order valence-corrected chi connectivity index (χ0v) is 13.7. The Bertz CT molecular complexity index is 733. The van der Waals surface area contributed by atoms with Gasteiger partial charge in [0.1, 0.15) is 12.5 Å². The van der Waals surface area contributed by atoms with E-state index >= 15 is 0 Å². The van der Waals surface area contributed by atoms with Crippen molar-refractivity contribution in [1.29, 1.82) is 0 Å². The van der Waals surface area contributed by atoms with Gasteiger partial charge in [-0.05, 0) is 12.1 Å². The van der Waals surface area contributed by atoms with Crippen molar-refractivity contribution in [3.8, 4) is 0 Å². The van der Waals surface area contributed by atoms with Gasteiger partial charge in [-0.1, -0.05) is 12.1 Å². The largest absolute Gasteiger partial charge is 0.418 e. The van der Waals surface area contributed by atoms with Crippen LogP contribution in [0.2, 0.25) is 0 Å². The number of nitrogens with zero attached hydrogens (tertiary/aromatic N) is 2. The SMILES string of the molecule is O=C1NC(N2CCOCC2)NC2NN(c3ccccc3C(F)(F)F)C=C12. The molecule has 2 unspecified atom stereocenters. The predicted molar refractivity (Wildman–Crippen MR) is 86.4 cm³/mol. The maximum Gasteiger partial charge on any atom is 0.418 e. The maximum absolute atomic E-state index is 13.3. The number of fused-ring (bicyclic) bond motifs is 1. The molecule has 1 aromatic rings. The van der Waals surface area contributed by atoms with Crippen LogP contribution >= 0.6 is 0 Å². The zero-order valence-electron chi connectivity index (χ0n) is 13.7. The second kappa shape index (κ2) is 6.54. The number of rotatable bonds is 2. The quantitative estimate of drug-likeness (QED) is 0.709. The van der Waals surface area contributed by atoms with Crippen LogP contribution in [0.3, 0.4) is 0 Å². The summed E-state index contributed by atoms with van der Waals surface area (Å²) < 4.78 is 45.1. The van der Waals surface area contributed by atoms with E-state index in [0.717, 1.165) is 6.07 Å². The van der Waals surface area contributed by atoms with E-state index in [0.29, 0.717) is 31.9 Å². The Morgan fingerprint density at radius 2 is 1.88 bits per heavy atom. The third-order valence-corrected chi connectivity index (χ3v) is 4.58. The summed E-state index contributed by atoms with van der Waals surface area (Å²) in [5.74, 6) is -0.315. The van der Waals surface area contributed by atoms with E-state index < -0.39 is 24.2 Å². The van der Waals surface area contributed by atoms with E-state index in [-0.39, 0.29) is 11.6 Å². The number of para-hydroxylation sites is 1. The third-order valence-electron chi connectivity index (χ3n) is 4.58. The summed E-state index contributed by atoms with van der Waals surface area (Å²) in [6.45, 7) is 2.45. The van der Waals surface area contributed by atoms with E-state index in [1.165, 1.54) is 29.4 Å². The number of benzene rings is 1. The number of amides is 1. The fraction of sp³-hybridized carbons (Fsp3) is 0.438. The molecular weight excluding hydrogens is 351 g/mol. The smallest absolute Gasteiger partial charge is 0.379 e. The molecule has 2 fully saturated rings. The van der Waals surface area contributed by atoms with Gasteiger partial charge in [-0.25, -0.2) is 5.43 Å². The minimum atomic E-state index is -4.49. The molecule has 0 bridgehead atoms. The Balaban J connectivity index is 1.55. The molecule has 1 aromatic carbocycles. The topological polar surface area (TPSA) is 68.9 Å². The van der Waals surface area contributed by atoms with Crippen molar-refractivity contribution in [1.82, 2.24) is 21.0 Å². The Labute approximate surface area is 147 Å². The molecule has 7 nitrogen and oxygen atoms in total. The number of morpholine rings is 1. The van der Waals surface area contributed by atoms with Crippen molar-refractivity contribution in [3.05, 3.63) is 41.6 Å². The van der Waals surface area contributed by atoms with Gasteiger partial charge in [-0.15, -0.1) is 0 Å². The highest BCUT2D eigenvalue weighted by Gasteiger charge is 2.41. The molecule has 2 saturated heterocycles. The van der Waals surface area contributed by atoms with Crippen LogP contribution in [0.25, 0.3) is 0 Å². The first kappa shape index (κ1) is 17.3. The molecule has 0 aliphatic carbocycles. The van der Waals surface area contributed by atoms with Crippen LogP contribution in [0.15, 0.2) is 36.0 Å². The van der Waals surface area contributed by atoms with Crippen molar-refractivity contribution in [2.45, 2.75) is 18.6 Å². The molecule has 0 aromatic heterocycles. The van der Waals surface area contributed by atoms with Gasteiger partial charge in [0.15, 0.2) is 0 Å². The monoisotopic (exact) mass is 369 g/mol. The number of hydrogen-bond donors (Lipinski definition) is 3. The molecule has 0 spiro atoms. The number of carbonyl (C=O) groups is 1. The van der Waals surface area contributed by atoms with Gasteiger partial charge in [0.2, 0.25) is 0 Å². The highest BCUT2D eigenvalue weighted by Crippen LogP contribution is 2.37. The Morgan fingerprint density at radius 3 is 2.62 bits per heavy atom. The van der Waals surface area contributed by atoms with Crippen molar-refractivity contribution >= 4 is 11.6 Å². The average Bonchev–Trinajstić information content (AvgIpc) is 3.06. The second-order valence-electron chi connectivity index (χ2n) is 6.22. The lowest BCUT2D eigenvalue weighted by molar-refractivity contribution is -0.137. The summed E-state index contributed by atoms with van der Waals surface area (Å²) in [6, 6.07) is 5.24. The normalized spacial score (nSPS) is 27.1. The summed E-state index contributed by atoms with van der Waals surface area (Å²) in [4.78, 5) is 14.4. The lowest BCUT2D eigenvalue weighted by Gasteiger charge is -2.40. The summed E-state index contributed by atoms with van der Waals surface area (Å²) in [6.07, 6.45) is -4.07. The zero-order chi connectivity index (χ0) is 18.3. The van der Waals surface area contributed by atoms with Gasteiger partial charge in [-0.2, -0.15) is 13.2 Å². The third kappa shape index (κ3) is 3.16. The highest BCUT2D eigenvalue weighted by atomic mass is 19.4. The van der Waals surface area contributed by atoms with Gasteiger partial charge in [0.25, 0.3) is 5.91 Å². The fourth-order valence-corrected chi connectivity index (χ4v) is 3.28. The Morgan fingerprint density at radius 1 is 1.15 bits per heavy atom. The van der Waals surface area contributed by atoms with Crippen LogP contribution in [0.5, 0.6) is 0 Å². The first-order chi connectivity index (χ1) is 12.4. The molecule has 0 saturated carbocycles. The Hall–Kier alpha value is -2.14. The lowest BCUT2D eigenvalue weighted by Crippen LogP contribution is -2.68. The molecule has 4 rings (SSSR count). The number of hydrogen-bond acceptors (Lipinski definition) is 6. The maximum atomic E-state index is 13.3. The summed E-state index contributed by atoms with van der Waals surface area (Å²) >= 11 is 0. The van der Waals surface area contributed by atoms with Gasteiger partial charge in [0, 0.05) is 19.3 Å². The van der Waals surface area contributed by atoms with E-state index in [9.17, 15) is 18.0 Å². The van der Waals surface area contributed by atoms with Crippen LogP contribution in [-0.2, 0) is 15.7 Å². The standard InChI is InChI=1S/C16H18F3N5O2/c17-16(18,19)11-3-1-2-4-12(11)24-9-10-13(22-24)20-15(21-14(10)25)23-5-7-26-8-6-23/h1-4,9,13,15,20,22H,5-8H2,(H,21,25). The molecule has 10 heteroatoms. The lowest BCUT2D eigenvalue weighted by atomic mass is 10.1.